The summed E-state index contributed by atoms with van der Waals surface area (Å²) in [4.78, 5) is 12.7. The standard InChI is InChI=1S/C21H23N3O3/c1-21(9-5-2-6-10-21)15-11-14(13-19(25)26)12-18(20(15)27)24-22-16-7-3-4-8-17(16)23-24/h3-4,7-8,11-12,27H,2,5-6,9-10,13H2,1H3,(H,25,26). The molecular formula is C21H23N3O3. The second-order valence-electron chi connectivity index (χ2n) is 7.68. The Hall–Kier alpha value is -2.89. The molecular weight excluding hydrogens is 342 g/mol. The fraction of sp³-hybridized carbons (Fsp3) is 0.381. The lowest BCUT2D eigenvalue weighted by atomic mass is 9.70. The van der Waals surface area contributed by atoms with Crippen molar-refractivity contribution >= 4 is 17.0 Å². The molecule has 140 valence electrons. The lowest BCUT2D eigenvalue weighted by molar-refractivity contribution is -0.136. The first-order valence-corrected chi connectivity index (χ1v) is 9.37. The maximum Gasteiger partial charge on any atom is 0.307 e. The van der Waals surface area contributed by atoms with Gasteiger partial charge in [-0.2, -0.15) is 0 Å². The zero-order valence-electron chi connectivity index (χ0n) is 15.4. The molecule has 0 bridgehead atoms. The van der Waals surface area contributed by atoms with Crippen LogP contribution in [0.2, 0.25) is 0 Å². The largest absolute Gasteiger partial charge is 0.505 e. The van der Waals surface area contributed by atoms with Crippen LogP contribution in [0, 0.1) is 0 Å². The highest BCUT2D eigenvalue weighted by molar-refractivity contribution is 5.74. The van der Waals surface area contributed by atoms with E-state index in [-0.39, 0.29) is 17.6 Å². The van der Waals surface area contributed by atoms with Crippen LogP contribution < -0.4 is 0 Å². The maximum absolute atomic E-state index is 11.3. The Morgan fingerprint density at radius 1 is 1.11 bits per heavy atom. The van der Waals surface area contributed by atoms with E-state index in [1.54, 1.807) is 6.07 Å². The van der Waals surface area contributed by atoms with Gasteiger partial charge in [0.1, 0.15) is 22.5 Å². The average molecular weight is 365 g/mol. The SMILES string of the molecule is CC1(c2cc(CC(=O)O)cc(-n3nc4ccccc4n3)c2O)CCCCC1. The van der Waals surface area contributed by atoms with Crippen molar-refractivity contribution in [2.24, 2.45) is 0 Å². The molecule has 0 aliphatic heterocycles. The van der Waals surface area contributed by atoms with E-state index in [2.05, 4.69) is 17.1 Å². The van der Waals surface area contributed by atoms with Crippen LogP contribution in [0.25, 0.3) is 16.7 Å². The predicted molar refractivity (Wildman–Crippen MR) is 102 cm³/mol. The number of carbonyl (C=O) groups is 1. The van der Waals surface area contributed by atoms with Gasteiger partial charge in [0.05, 0.1) is 6.42 Å². The summed E-state index contributed by atoms with van der Waals surface area (Å²) in [6, 6.07) is 11.0. The van der Waals surface area contributed by atoms with Crippen molar-refractivity contribution in [2.45, 2.75) is 50.9 Å². The van der Waals surface area contributed by atoms with Gasteiger partial charge in [0.15, 0.2) is 0 Å². The molecule has 1 aliphatic rings. The summed E-state index contributed by atoms with van der Waals surface area (Å²) in [5, 5.41) is 29.3. The number of rotatable bonds is 4. The number of phenolic OH excluding ortho intramolecular Hbond substituents is 1. The van der Waals surface area contributed by atoms with E-state index in [4.69, 9.17) is 0 Å². The van der Waals surface area contributed by atoms with Gasteiger partial charge >= 0.3 is 5.97 Å². The quantitative estimate of drug-likeness (QED) is 0.730. The first-order chi connectivity index (χ1) is 13.0. The van der Waals surface area contributed by atoms with Gasteiger partial charge in [-0.1, -0.05) is 44.4 Å². The highest BCUT2D eigenvalue weighted by Crippen LogP contribution is 2.45. The molecule has 0 saturated heterocycles. The Morgan fingerprint density at radius 2 is 1.74 bits per heavy atom. The molecule has 0 amide bonds. The van der Waals surface area contributed by atoms with Crippen molar-refractivity contribution in [3.05, 3.63) is 47.5 Å². The minimum Gasteiger partial charge on any atom is -0.505 e. The number of aromatic nitrogens is 3. The van der Waals surface area contributed by atoms with Gasteiger partial charge in [0.2, 0.25) is 0 Å². The number of carboxylic acid groups (broad SMARTS) is 1. The third kappa shape index (κ3) is 3.27. The number of carboxylic acids is 1. The van der Waals surface area contributed by atoms with Gasteiger partial charge < -0.3 is 10.2 Å². The summed E-state index contributed by atoms with van der Waals surface area (Å²) < 4.78 is 0. The first-order valence-electron chi connectivity index (χ1n) is 9.37. The summed E-state index contributed by atoms with van der Waals surface area (Å²) in [5.41, 5.74) is 3.18. The Balaban J connectivity index is 1.89. The molecule has 4 rings (SSSR count). The van der Waals surface area contributed by atoms with E-state index in [9.17, 15) is 15.0 Å². The molecule has 1 saturated carbocycles. The summed E-state index contributed by atoms with van der Waals surface area (Å²) in [5.74, 6) is -0.751. The minimum absolute atomic E-state index is 0.100. The molecule has 0 unspecified atom stereocenters. The second-order valence-corrected chi connectivity index (χ2v) is 7.68. The van der Waals surface area contributed by atoms with Gasteiger partial charge in [0, 0.05) is 5.56 Å². The molecule has 0 spiro atoms. The van der Waals surface area contributed by atoms with Crippen molar-refractivity contribution in [3.63, 3.8) is 0 Å². The summed E-state index contributed by atoms with van der Waals surface area (Å²) in [6.07, 6.45) is 5.27. The van der Waals surface area contributed by atoms with Crippen molar-refractivity contribution in [1.82, 2.24) is 15.0 Å². The Bertz CT molecular complexity index is 970. The number of benzene rings is 2. The fourth-order valence-corrected chi connectivity index (χ4v) is 4.14. The third-order valence-electron chi connectivity index (χ3n) is 5.61. The Labute approximate surface area is 157 Å². The monoisotopic (exact) mass is 365 g/mol. The van der Waals surface area contributed by atoms with E-state index in [1.807, 2.05) is 30.3 Å². The normalized spacial score (nSPS) is 16.5. The van der Waals surface area contributed by atoms with Gasteiger partial charge in [0.25, 0.3) is 0 Å². The minimum atomic E-state index is -0.898. The number of aliphatic carboxylic acids is 1. The van der Waals surface area contributed by atoms with Gasteiger partial charge in [-0.3, -0.25) is 4.79 Å². The molecule has 6 heteroatoms. The molecule has 1 aliphatic carbocycles. The summed E-state index contributed by atoms with van der Waals surface area (Å²) >= 11 is 0. The highest BCUT2D eigenvalue weighted by atomic mass is 16.4. The third-order valence-corrected chi connectivity index (χ3v) is 5.61. The molecule has 1 heterocycles. The second kappa shape index (κ2) is 6.68. The summed E-state index contributed by atoms with van der Waals surface area (Å²) in [7, 11) is 0. The van der Waals surface area contributed by atoms with Crippen LogP contribution in [0.1, 0.15) is 50.2 Å². The lowest BCUT2D eigenvalue weighted by Crippen LogP contribution is -2.26. The topological polar surface area (TPSA) is 88.2 Å². The van der Waals surface area contributed by atoms with Gasteiger partial charge in [-0.05, 0) is 42.0 Å². The number of aromatic hydroxyl groups is 1. The van der Waals surface area contributed by atoms with Crippen LogP contribution in [0.3, 0.4) is 0 Å². The number of hydrogen-bond donors (Lipinski definition) is 2. The van der Waals surface area contributed by atoms with Crippen LogP contribution in [-0.4, -0.2) is 31.2 Å². The van der Waals surface area contributed by atoms with E-state index in [0.717, 1.165) is 42.3 Å². The van der Waals surface area contributed by atoms with Gasteiger partial charge in [-0.25, -0.2) is 0 Å². The number of nitrogens with zero attached hydrogens (tertiary/aromatic N) is 3. The maximum atomic E-state index is 11.3. The van der Waals surface area contributed by atoms with E-state index in [1.165, 1.54) is 11.2 Å². The molecule has 6 nitrogen and oxygen atoms in total. The van der Waals surface area contributed by atoms with Crippen LogP contribution in [0.5, 0.6) is 5.75 Å². The molecule has 1 aromatic heterocycles. The Kier molecular flexibility index (Phi) is 4.34. The van der Waals surface area contributed by atoms with Crippen molar-refractivity contribution in [1.29, 1.82) is 0 Å². The molecule has 2 aromatic carbocycles. The molecule has 3 aromatic rings. The molecule has 0 atom stereocenters. The molecule has 27 heavy (non-hydrogen) atoms. The van der Waals surface area contributed by atoms with Crippen molar-refractivity contribution in [3.8, 4) is 11.4 Å². The molecule has 2 N–H and O–H groups in total. The molecule has 0 radical (unpaired) electrons. The average Bonchev–Trinajstić information content (AvgIpc) is 3.07. The fourth-order valence-electron chi connectivity index (χ4n) is 4.14. The first kappa shape index (κ1) is 17.5. The smallest absolute Gasteiger partial charge is 0.307 e. The summed E-state index contributed by atoms with van der Waals surface area (Å²) in [6.45, 7) is 2.16. The zero-order chi connectivity index (χ0) is 19.0. The predicted octanol–water partition coefficient (Wildman–Crippen LogP) is 3.98. The Morgan fingerprint density at radius 3 is 2.33 bits per heavy atom. The highest BCUT2D eigenvalue weighted by Gasteiger charge is 2.33. The van der Waals surface area contributed by atoms with E-state index in [0.29, 0.717) is 11.3 Å². The number of phenols is 1. The van der Waals surface area contributed by atoms with Crippen LogP contribution in [-0.2, 0) is 16.6 Å². The van der Waals surface area contributed by atoms with E-state index < -0.39 is 5.97 Å². The number of hydrogen-bond acceptors (Lipinski definition) is 4. The van der Waals surface area contributed by atoms with Crippen LogP contribution in [0.15, 0.2) is 36.4 Å². The van der Waals surface area contributed by atoms with Crippen LogP contribution in [0.4, 0.5) is 0 Å². The van der Waals surface area contributed by atoms with Gasteiger partial charge in [-0.15, -0.1) is 15.0 Å². The van der Waals surface area contributed by atoms with Crippen molar-refractivity contribution in [2.75, 3.05) is 0 Å². The zero-order valence-corrected chi connectivity index (χ0v) is 15.4. The molecule has 1 fully saturated rings. The van der Waals surface area contributed by atoms with E-state index >= 15 is 0 Å². The lowest BCUT2D eigenvalue weighted by Gasteiger charge is -2.35. The number of fused-ring (bicyclic) bond motifs is 1. The van der Waals surface area contributed by atoms with Crippen LogP contribution >= 0.6 is 0 Å². The van der Waals surface area contributed by atoms with Crippen molar-refractivity contribution < 1.29 is 15.0 Å².